The number of thioether (sulfide) groups is 1. The number of carbonyl (C=O) groups is 1. The number of hydrogen-bond donors (Lipinski definition) is 1. The van der Waals surface area contributed by atoms with Crippen molar-refractivity contribution < 1.29 is 9.90 Å². The molecule has 4 rings (SSSR count). The third-order valence-corrected chi connectivity index (χ3v) is 6.76. The van der Waals surface area contributed by atoms with Crippen LogP contribution in [0.15, 0.2) is 53.0 Å². The molecule has 154 valence electrons. The number of ketones is 1. The van der Waals surface area contributed by atoms with Crippen molar-refractivity contribution in [2.75, 3.05) is 5.75 Å². The molecule has 0 atom stereocenters. The molecular weight excluding hydrogens is 418 g/mol. The van der Waals surface area contributed by atoms with E-state index in [1.165, 1.54) is 16.6 Å². The Hall–Kier alpha value is -2.91. The first kappa shape index (κ1) is 20.4. The van der Waals surface area contributed by atoms with Gasteiger partial charge >= 0.3 is 0 Å². The smallest absolute Gasteiger partial charge is 0.214 e. The van der Waals surface area contributed by atoms with Crippen molar-refractivity contribution in [1.29, 1.82) is 0 Å². The number of carbonyl (C=O) groups excluding carboxylic acids is 1. The van der Waals surface area contributed by atoms with E-state index in [4.69, 9.17) is 0 Å². The Labute approximate surface area is 182 Å². The van der Waals surface area contributed by atoms with Crippen LogP contribution in [0, 0.1) is 13.8 Å². The van der Waals surface area contributed by atoms with Crippen molar-refractivity contribution >= 4 is 28.9 Å². The maximum absolute atomic E-state index is 12.9. The largest absolute Gasteiger partial charge is 0.508 e. The van der Waals surface area contributed by atoms with E-state index in [2.05, 4.69) is 37.6 Å². The van der Waals surface area contributed by atoms with E-state index >= 15 is 0 Å². The Morgan fingerprint density at radius 1 is 1.20 bits per heavy atom. The van der Waals surface area contributed by atoms with Gasteiger partial charge in [-0.2, -0.15) is 4.68 Å². The number of thiophene rings is 1. The van der Waals surface area contributed by atoms with Gasteiger partial charge in [0.15, 0.2) is 5.78 Å². The summed E-state index contributed by atoms with van der Waals surface area (Å²) in [5.74, 6) is 0.467. The second-order valence-electron chi connectivity index (χ2n) is 6.87. The Morgan fingerprint density at radius 3 is 2.73 bits per heavy atom. The van der Waals surface area contributed by atoms with Crippen molar-refractivity contribution in [3.8, 4) is 11.4 Å². The zero-order chi connectivity index (χ0) is 21.1. The molecule has 0 saturated carbocycles. The summed E-state index contributed by atoms with van der Waals surface area (Å²) >= 11 is 3.05. The van der Waals surface area contributed by atoms with Gasteiger partial charge in [-0.15, -0.1) is 16.4 Å². The molecule has 7 nitrogen and oxygen atoms in total. The number of aromatic hydroxyl groups is 1. The number of rotatable bonds is 8. The number of benzene rings is 1. The van der Waals surface area contributed by atoms with E-state index in [0.29, 0.717) is 5.16 Å². The SMILES string of the molecule is Cc1cc(C(=O)CSc2nnnn2-c2ccc(O)cc2)c(C)n1CCc1cccs1. The van der Waals surface area contributed by atoms with Crippen LogP contribution in [-0.4, -0.2) is 41.4 Å². The molecule has 1 N–H and O–H groups in total. The van der Waals surface area contributed by atoms with Gasteiger partial charge in [0.2, 0.25) is 5.16 Å². The first-order valence-electron chi connectivity index (χ1n) is 9.46. The van der Waals surface area contributed by atoms with Gasteiger partial charge in [0.25, 0.3) is 0 Å². The standard InChI is InChI=1S/C21H21N5O2S2/c1-14-12-19(15(2)25(14)10-9-18-4-3-11-29-18)20(28)13-30-21-22-23-24-26(21)16-5-7-17(27)8-6-16/h3-8,11-12,27H,9-10,13H2,1-2H3. The molecule has 0 bridgehead atoms. The highest BCUT2D eigenvalue weighted by molar-refractivity contribution is 7.99. The van der Waals surface area contributed by atoms with E-state index in [9.17, 15) is 9.90 Å². The van der Waals surface area contributed by atoms with Gasteiger partial charge in [-0.3, -0.25) is 4.79 Å². The van der Waals surface area contributed by atoms with Crippen LogP contribution in [0.5, 0.6) is 5.75 Å². The molecular formula is C21H21N5O2S2. The van der Waals surface area contributed by atoms with Crippen LogP contribution in [0.1, 0.15) is 26.6 Å². The van der Waals surface area contributed by atoms with Gasteiger partial charge in [-0.25, -0.2) is 0 Å². The van der Waals surface area contributed by atoms with Crippen LogP contribution >= 0.6 is 23.1 Å². The third kappa shape index (κ3) is 4.31. The van der Waals surface area contributed by atoms with Gasteiger partial charge in [0.05, 0.1) is 11.4 Å². The van der Waals surface area contributed by atoms with Crippen molar-refractivity contribution in [3.05, 3.63) is 69.7 Å². The molecule has 3 heterocycles. The number of hydrogen-bond acceptors (Lipinski definition) is 7. The van der Waals surface area contributed by atoms with E-state index in [1.807, 2.05) is 19.9 Å². The number of tetrazole rings is 1. The fourth-order valence-electron chi connectivity index (χ4n) is 3.34. The average molecular weight is 440 g/mol. The lowest BCUT2D eigenvalue weighted by molar-refractivity contribution is 0.102. The van der Waals surface area contributed by atoms with Gasteiger partial charge < -0.3 is 9.67 Å². The molecule has 0 spiro atoms. The third-order valence-electron chi connectivity index (χ3n) is 4.90. The van der Waals surface area contributed by atoms with Gasteiger partial charge in [-0.05, 0) is 72.5 Å². The van der Waals surface area contributed by atoms with Gasteiger partial charge in [-0.1, -0.05) is 17.8 Å². The van der Waals surface area contributed by atoms with Crippen molar-refractivity contribution in [2.45, 2.75) is 32.0 Å². The molecule has 9 heteroatoms. The molecule has 0 unspecified atom stereocenters. The minimum atomic E-state index is 0.0516. The van der Waals surface area contributed by atoms with Crippen LogP contribution in [0.3, 0.4) is 0 Å². The van der Waals surface area contributed by atoms with Gasteiger partial charge in [0.1, 0.15) is 5.75 Å². The minimum Gasteiger partial charge on any atom is -0.508 e. The number of aryl methyl sites for hydroxylation is 2. The highest BCUT2D eigenvalue weighted by Gasteiger charge is 2.18. The lowest BCUT2D eigenvalue weighted by Crippen LogP contribution is -2.08. The Bertz CT molecular complexity index is 1150. The van der Waals surface area contributed by atoms with Crippen LogP contribution < -0.4 is 0 Å². The Kier molecular flexibility index (Phi) is 6.01. The molecule has 0 aliphatic heterocycles. The van der Waals surface area contributed by atoms with Crippen LogP contribution in [0.25, 0.3) is 5.69 Å². The molecule has 0 amide bonds. The molecule has 0 fully saturated rings. The normalized spacial score (nSPS) is 11.1. The molecule has 1 aromatic carbocycles. The summed E-state index contributed by atoms with van der Waals surface area (Å²) in [4.78, 5) is 14.2. The predicted octanol–water partition coefficient (Wildman–Crippen LogP) is 4.07. The molecule has 3 aromatic heterocycles. The number of nitrogens with zero attached hydrogens (tertiary/aromatic N) is 5. The maximum Gasteiger partial charge on any atom is 0.214 e. The summed E-state index contributed by atoms with van der Waals surface area (Å²) < 4.78 is 3.76. The highest BCUT2D eigenvalue weighted by atomic mass is 32.2. The first-order chi connectivity index (χ1) is 14.5. The predicted molar refractivity (Wildman–Crippen MR) is 118 cm³/mol. The van der Waals surface area contributed by atoms with Crippen LogP contribution in [0.4, 0.5) is 0 Å². The number of phenolic OH excluding ortho intramolecular Hbond substituents is 1. The molecule has 4 aromatic rings. The lowest BCUT2D eigenvalue weighted by atomic mass is 10.2. The molecule has 30 heavy (non-hydrogen) atoms. The number of aromatic nitrogens is 5. The topological polar surface area (TPSA) is 85.8 Å². The van der Waals surface area contributed by atoms with Gasteiger partial charge in [0, 0.05) is 28.4 Å². The second-order valence-corrected chi connectivity index (χ2v) is 8.84. The minimum absolute atomic E-state index is 0.0516. The first-order valence-corrected chi connectivity index (χ1v) is 11.3. The fourth-order valence-corrected chi connectivity index (χ4v) is 4.81. The number of Topliss-reactive ketones (excluding diaryl/α,β-unsaturated/α-hetero) is 1. The molecule has 0 radical (unpaired) electrons. The van der Waals surface area contributed by atoms with E-state index < -0.39 is 0 Å². The quantitative estimate of drug-likeness (QED) is 0.329. The summed E-state index contributed by atoms with van der Waals surface area (Å²) in [5.41, 5.74) is 3.55. The maximum atomic E-state index is 12.9. The summed E-state index contributed by atoms with van der Waals surface area (Å²) in [6, 6.07) is 12.8. The van der Waals surface area contributed by atoms with E-state index in [-0.39, 0.29) is 17.3 Å². The van der Waals surface area contributed by atoms with Crippen LogP contribution in [-0.2, 0) is 13.0 Å². The number of phenols is 1. The average Bonchev–Trinajstić information content (AvgIpc) is 3.47. The summed E-state index contributed by atoms with van der Waals surface area (Å²) in [7, 11) is 0. The summed E-state index contributed by atoms with van der Waals surface area (Å²) in [6.45, 7) is 4.90. The van der Waals surface area contributed by atoms with E-state index in [0.717, 1.165) is 35.6 Å². The zero-order valence-electron chi connectivity index (χ0n) is 16.6. The lowest BCUT2D eigenvalue weighted by Gasteiger charge is -2.09. The molecule has 0 saturated heterocycles. The fraction of sp³-hybridized carbons (Fsp3) is 0.238. The zero-order valence-corrected chi connectivity index (χ0v) is 18.3. The van der Waals surface area contributed by atoms with E-state index in [1.54, 1.807) is 40.3 Å². The van der Waals surface area contributed by atoms with Crippen molar-refractivity contribution in [1.82, 2.24) is 24.8 Å². The molecule has 0 aliphatic rings. The highest BCUT2D eigenvalue weighted by Crippen LogP contribution is 2.23. The summed E-state index contributed by atoms with van der Waals surface area (Å²) in [5, 5.41) is 23.8. The monoisotopic (exact) mass is 439 g/mol. The second kappa shape index (κ2) is 8.85. The van der Waals surface area contributed by atoms with Crippen LogP contribution in [0.2, 0.25) is 0 Å². The Balaban J connectivity index is 1.44. The Morgan fingerprint density at radius 2 is 2.00 bits per heavy atom. The van der Waals surface area contributed by atoms with Crippen molar-refractivity contribution in [2.24, 2.45) is 0 Å². The summed E-state index contributed by atoms with van der Waals surface area (Å²) in [6.07, 6.45) is 0.956. The van der Waals surface area contributed by atoms with Crippen molar-refractivity contribution in [3.63, 3.8) is 0 Å². The molecule has 0 aliphatic carbocycles.